The summed E-state index contributed by atoms with van der Waals surface area (Å²) in [5, 5.41) is 3.34. The van der Waals surface area contributed by atoms with Crippen molar-refractivity contribution in [3.05, 3.63) is 36.0 Å². The molecule has 140 valence electrons. The van der Waals surface area contributed by atoms with E-state index in [2.05, 4.69) is 45.2 Å². The highest BCUT2D eigenvalue weighted by atomic mass is 16.5. The predicted molar refractivity (Wildman–Crippen MR) is 108 cm³/mol. The van der Waals surface area contributed by atoms with Crippen molar-refractivity contribution >= 4 is 17.5 Å². The van der Waals surface area contributed by atoms with E-state index < -0.39 is 0 Å². The Morgan fingerprint density at radius 1 is 1.08 bits per heavy atom. The van der Waals surface area contributed by atoms with E-state index in [0.29, 0.717) is 0 Å². The van der Waals surface area contributed by atoms with E-state index in [-0.39, 0.29) is 0 Å². The van der Waals surface area contributed by atoms with Crippen LogP contribution in [0.5, 0.6) is 5.75 Å². The third-order valence-corrected chi connectivity index (χ3v) is 4.68. The van der Waals surface area contributed by atoms with E-state index in [1.54, 1.807) is 7.11 Å². The molecule has 0 amide bonds. The molecule has 0 unspecified atom stereocenters. The molecule has 26 heavy (non-hydrogen) atoms. The Hall–Kier alpha value is -2.50. The Morgan fingerprint density at radius 3 is 2.54 bits per heavy atom. The topological polar surface area (TPSA) is 53.5 Å². The summed E-state index contributed by atoms with van der Waals surface area (Å²) in [7, 11) is 1.73. The van der Waals surface area contributed by atoms with E-state index in [0.717, 1.165) is 74.5 Å². The van der Waals surface area contributed by atoms with Gasteiger partial charge in [-0.3, -0.25) is 0 Å². The maximum Gasteiger partial charge on any atom is 0.224 e. The van der Waals surface area contributed by atoms with E-state index in [4.69, 9.17) is 9.72 Å². The SMILES string of the molecule is CCCCNc1nc(C)cc(N2CCN(c3ccccc3OC)CC2)n1. The lowest BCUT2D eigenvalue weighted by molar-refractivity contribution is 0.413. The van der Waals surface area contributed by atoms with Gasteiger partial charge in [-0.2, -0.15) is 4.98 Å². The molecule has 1 aromatic carbocycles. The molecule has 6 heteroatoms. The smallest absolute Gasteiger partial charge is 0.224 e. The molecule has 1 aliphatic rings. The van der Waals surface area contributed by atoms with Gasteiger partial charge < -0.3 is 19.9 Å². The van der Waals surface area contributed by atoms with Gasteiger partial charge in [0.15, 0.2) is 0 Å². The maximum atomic E-state index is 5.50. The summed E-state index contributed by atoms with van der Waals surface area (Å²) in [6, 6.07) is 10.3. The number of anilines is 3. The lowest BCUT2D eigenvalue weighted by atomic mass is 10.2. The number of nitrogens with one attached hydrogen (secondary N) is 1. The molecule has 0 radical (unpaired) electrons. The second kappa shape index (κ2) is 8.74. The van der Waals surface area contributed by atoms with Gasteiger partial charge in [0, 0.05) is 44.5 Å². The van der Waals surface area contributed by atoms with Gasteiger partial charge in [-0.15, -0.1) is 0 Å². The van der Waals surface area contributed by atoms with E-state index in [1.807, 2.05) is 19.1 Å². The predicted octanol–water partition coefficient (Wildman–Crippen LogP) is 3.33. The summed E-state index contributed by atoms with van der Waals surface area (Å²) in [5.41, 5.74) is 2.16. The van der Waals surface area contributed by atoms with Crippen LogP contribution in [0.3, 0.4) is 0 Å². The van der Waals surface area contributed by atoms with Crippen molar-refractivity contribution in [1.29, 1.82) is 0 Å². The zero-order valence-corrected chi connectivity index (χ0v) is 16.0. The summed E-state index contributed by atoms with van der Waals surface area (Å²) >= 11 is 0. The normalized spacial score (nSPS) is 14.4. The van der Waals surface area contributed by atoms with Crippen molar-refractivity contribution in [2.75, 3.05) is 55.0 Å². The van der Waals surface area contributed by atoms with Gasteiger partial charge in [0.05, 0.1) is 12.8 Å². The van der Waals surface area contributed by atoms with Crippen LogP contribution in [0.1, 0.15) is 25.5 Å². The van der Waals surface area contributed by atoms with Gasteiger partial charge in [0.2, 0.25) is 5.95 Å². The first-order chi connectivity index (χ1) is 12.7. The highest BCUT2D eigenvalue weighted by Gasteiger charge is 2.21. The number of benzene rings is 1. The van der Waals surface area contributed by atoms with E-state index >= 15 is 0 Å². The minimum atomic E-state index is 0.737. The van der Waals surface area contributed by atoms with Crippen molar-refractivity contribution in [2.45, 2.75) is 26.7 Å². The number of unbranched alkanes of at least 4 members (excludes halogenated alkanes) is 1. The number of hydrogen-bond donors (Lipinski definition) is 1. The third-order valence-electron chi connectivity index (χ3n) is 4.68. The van der Waals surface area contributed by atoms with Crippen LogP contribution in [0.25, 0.3) is 0 Å². The summed E-state index contributed by atoms with van der Waals surface area (Å²) in [4.78, 5) is 13.9. The Balaban J connectivity index is 1.66. The molecule has 0 aliphatic carbocycles. The Labute approximate surface area is 156 Å². The summed E-state index contributed by atoms with van der Waals surface area (Å²) in [5.74, 6) is 2.68. The first kappa shape index (κ1) is 18.3. The molecule has 1 aromatic heterocycles. The molecule has 0 saturated carbocycles. The van der Waals surface area contributed by atoms with Crippen LogP contribution >= 0.6 is 0 Å². The molecule has 1 saturated heterocycles. The van der Waals surface area contributed by atoms with Crippen molar-refractivity contribution in [3.8, 4) is 5.75 Å². The van der Waals surface area contributed by atoms with E-state index in [9.17, 15) is 0 Å². The molecule has 0 bridgehead atoms. The number of nitrogens with zero attached hydrogens (tertiary/aromatic N) is 4. The van der Waals surface area contributed by atoms with Crippen LogP contribution < -0.4 is 19.9 Å². The highest BCUT2D eigenvalue weighted by Crippen LogP contribution is 2.29. The van der Waals surface area contributed by atoms with Crippen LogP contribution in [-0.2, 0) is 0 Å². The lowest BCUT2D eigenvalue weighted by Gasteiger charge is -2.37. The maximum absolute atomic E-state index is 5.50. The zero-order chi connectivity index (χ0) is 18.4. The Morgan fingerprint density at radius 2 is 1.81 bits per heavy atom. The summed E-state index contributed by atoms with van der Waals surface area (Å²) < 4.78 is 5.50. The molecular weight excluding hydrogens is 326 g/mol. The van der Waals surface area contributed by atoms with Gasteiger partial charge in [0.25, 0.3) is 0 Å². The van der Waals surface area contributed by atoms with Crippen LogP contribution in [0.2, 0.25) is 0 Å². The molecule has 0 atom stereocenters. The minimum absolute atomic E-state index is 0.737. The number of para-hydroxylation sites is 2. The first-order valence-electron chi connectivity index (χ1n) is 9.43. The number of aryl methyl sites for hydroxylation is 1. The Bertz CT molecular complexity index is 713. The van der Waals surface area contributed by atoms with Crippen molar-refractivity contribution in [1.82, 2.24) is 9.97 Å². The fraction of sp³-hybridized carbons (Fsp3) is 0.500. The first-order valence-corrected chi connectivity index (χ1v) is 9.43. The number of aromatic nitrogens is 2. The quantitative estimate of drug-likeness (QED) is 0.769. The average Bonchev–Trinajstić information content (AvgIpc) is 2.68. The number of methoxy groups -OCH3 is 1. The zero-order valence-electron chi connectivity index (χ0n) is 16.0. The van der Waals surface area contributed by atoms with Crippen molar-refractivity contribution in [3.63, 3.8) is 0 Å². The van der Waals surface area contributed by atoms with Crippen molar-refractivity contribution < 1.29 is 4.74 Å². The van der Waals surface area contributed by atoms with Gasteiger partial charge >= 0.3 is 0 Å². The van der Waals surface area contributed by atoms with Crippen LogP contribution in [-0.4, -0.2) is 49.8 Å². The van der Waals surface area contributed by atoms with Crippen LogP contribution in [0, 0.1) is 6.92 Å². The summed E-state index contributed by atoms with van der Waals surface area (Å²) in [6.07, 6.45) is 2.29. The molecule has 1 fully saturated rings. The molecule has 1 aliphatic heterocycles. The van der Waals surface area contributed by atoms with Gasteiger partial charge in [0.1, 0.15) is 11.6 Å². The monoisotopic (exact) mass is 355 g/mol. The van der Waals surface area contributed by atoms with Gasteiger partial charge in [-0.1, -0.05) is 25.5 Å². The average molecular weight is 355 g/mol. The molecule has 0 spiro atoms. The molecular formula is C20H29N5O. The van der Waals surface area contributed by atoms with E-state index in [1.165, 1.54) is 0 Å². The fourth-order valence-electron chi connectivity index (χ4n) is 3.24. The van der Waals surface area contributed by atoms with Gasteiger partial charge in [-0.25, -0.2) is 4.98 Å². The van der Waals surface area contributed by atoms with Crippen LogP contribution in [0.15, 0.2) is 30.3 Å². The molecule has 1 N–H and O–H groups in total. The van der Waals surface area contributed by atoms with Crippen LogP contribution in [0.4, 0.5) is 17.5 Å². The standard InChI is InChI=1S/C20H29N5O/c1-4-5-10-21-20-22-16(2)15-19(23-20)25-13-11-24(12-14-25)17-8-6-7-9-18(17)26-3/h6-9,15H,4-5,10-14H2,1-3H3,(H,21,22,23). The van der Waals surface area contributed by atoms with Crippen molar-refractivity contribution in [2.24, 2.45) is 0 Å². The molecule has 3 rings (SSSR count). The largest absolute Gasteiger partial charge is 0.495 e. The minimum Gasteiger partial charge on any atom is -0.495 e. The molecule has 6 nitrogen and oxygen atoms in total. The Kier molecular flexibility index (Phi) is 6.15. The third kappa shape index (κ3) is 4.36. The highest BCUT2D eigenvalue weighted by molar-refractivity contribution is 5.59. The number of rotatable bonds is 7. The number of piperazine rings is 1. The number of ether oxygens (including phenoxy) is 1. The molecule has 2 aromatic rings. The lowest BCUT2D eigenvalue weighted by Crippen LogP contribution is -2.47. The second-order valence-electron chi connectivity index (χ2n) is 6.62. The summed E-state index contributed by atoms with van der Waals surface area (Å²) in [6.45, 7) is 8.89. The molecule has 2 heterocycles. The van der Waals surface area contributed by atoms with Gasteiger partial charge in [-0.05, 0) is 25.5 Å². The second-order valence-corrected chi connectivity index (χ2v) is 6.62. The fourth-order valence-corrected chi connectivity index (χ4v) is 3.24. The number of hydrogen-bond acceptors (Lipinski definition) is 6.